The van der Waals surface area contributed by atoms with Crippen molar-refractivity contribution in [1.82, 2.24) is 14.8 Å². The molecule has 144 valence electrons. The summed E-state index contributed by atoms with van der Waals surface area (Å²) in [4.78, 5) is 21.5. The maximum atomic E-state index is 12.7. The van der Waals surface area contributed by atoms with E-state index in [1.165, 1.54) is 0 Å². The second kappa shape index (κ2) is 8.23. The van der Waals surface area contributed by atoms with Gasteiger partial charge in [-0.25, -0.2) is 4.98 Å². The molecule has 1 saturated heterocycles. The number of amides is 1. The fourth-order valence-electron chi connectivity index (χ4n) is 4.15. The highest BCUT2D eigenvalue weighted by molar-refractivity contribution is 5.79. The molecule has 0 bridgehead atoms. The summed E-state index contributed by atoms with van der Waals surface area (Å²) in [7, 11) is 0. The Morgan fingerprint density at radius 3 is 2.67 bits per heavy atom. The number of carbonyl (C=O) groups is 1. The molecular weight excluding hydrogens is 340 g/mol. The SMILES string of the molecule is NC1CCCC(C(=O)N2CCN(Cc3ncc(-c4ccccc4)o3)CC2)C1. The molecule has 1 saturated carbocycles. The van der Waals surface area contributed by atoms with Crippen LogP contribution in [-0.4, -0.2) is 52.9 Å². The Labute approximate surface area is 160 Å². The van der Waals surface area contributed by atoms with Crippen LogP contribution in [0.2, 0.25) is 0 Å². The van der Waals surface area contributed by atoms with E-state index < -0.39 is 0 Å². The molecule has 6 nitrogen and oxygen atoms in total. The normalized spacial score (nSPS) is 24.1. The van der Waals surface area contributed by atoms with E-state index in [0.29, 0.717) is 12.5 Å². The zero-order valence-corrected chi connectivity index (χ0v) is 15.7. The van der Waals surface area contributed by atoms with Crippen LogP contribution in [0, 0.1) is 5.92 Å². The van der Waals surface area contributed by atoms with Crippen molar-refractivity contribution >= 4 is 5.91 Å². The Morgan fingerprint density at radius 2 is 1.93 bits per heavy atom. The van der Waals surface area contributed by atoms with Gasteiger partial charge in [-0.05, 0) is 19.3 Å². The Kier molecular flexibility index (Phi) is 5.55. The van der Waals surface area contributed by atoms with Gasteiger partial charge in [-0.15, -0.1) is 0 Å². The Morgan fingerprint density at radius 1 is 1.15 bits per heavy atom. The van der Waals surface area contributed by atoms with Crippen LogP contribution in [-0.2, 0) is 11.3 Å². The third-order valence-electron chi connectivity index (χ3n) is 5.72. The number of aromatic nitrogens is 1. The van der Waals surface area contributed by atoms with Gasteiger partial charge in [0.2, 0.25) is 11.8 Å². The number of carbonyl (C=O) groups excluding carboxylic acids is 1. The predicted octanol–water partition coefficient (Wildman–Crippen LogP) is 2.50. The van der Waals surface area contributed by atoms with Gasteiger partial charge >= 0.3 is 0 Å². The molecule has 0 spiro atoms. The second-order valence-corrected chi connectivity index (χ2v) is 7.71. The lowest BCUT2D eigenvalue weighted by molar-refractivity contribution is -0.138. The number of nitrogens with two attached hydrogens (primary N) is 1. The van der Waals surface area contributed by atoms with Crippen molar-refractivity contribution in [3.8, 4) is 11.3 Å². The van der Waals surface area contributed by atoms with Crippen LogP contribution in [0.5, 0.6) is 0 Å². The first-order valence-corrected chi connectivity index (χ1v) is 9.96. The van der Waals surface area contributed by atoms with Crippen LogP contribution < -0.4 is 5.73 Å². The van der Waals surface area contributed by atoms with Gasteiger partial charge in [0.05, 0.1) is 12.7 Å². The van der Waals surface area contributed by atoms with E-state index in [1.807, 2.05) is 35.2 Å². The van der Waals surface area contributed by atoms with Crippen molar-refractivity contribution in [2.24, 2.45) is 11.7 Å². The van der Waals surface area contributed by atoms with Crippen LogP contribution in [0.15, 0.2) is 40.9 Å². The van der Waals surface area contributed by atoms with Gasteiger partial charge < -0.3 is 15.1 Å². The van der Waals surface area contributed by atoms with Crippen LogP contribution in [0.1, 0.15) is 31.6 Å². The molecule has 2 aromatic rings. The predicted molar refractivity (Wildman–Crippen MR) is 104 cm³/mol. The molecule has 2 unspecified atom stereocenters. The maximum Gasteiger partial charge on any atom is 0.225 e. The minimum atomic E-state index is 0.125. The summed E-state index contributed by atoms with van der Waals surface area (Å²) < 4.78 is 5.91. The van der Waals surface area contributed by atoms with Crippen molar-refractivity contribution in [2.45, 2.75) is 38.3 Å². The molecule has 1 aliphatic carbocycles. The zero-order chi connectivity index (χ0) is 18.6. The Bertz CT molecular complexity index is 753. The first kappa shape index (κ1) is 18.2. The van der Waals surface area contributed by atoms with E-state index in [-0.39, 0.29) is 12.0 Å². The van der Waals surface area contributed by atoms with Gasteiger partial charge in [-0.1, -0.05) is 36.8 Å². The maximum absolute atomic E-state index is 12.7. The van der Waals surface area contributed by atoms with E-state index in [0.717, 1.165) is 69.1 Å². The average molecular weight is 368 g/mol. The lowest BCUT2D eigenvalue weighted by Crippen LogP contribution is -2.51. The highest BCUT2D eigenvalue weighted by Crippen LogP contribution is 2.26. The van der Waals surface area contributed by atoms with Crippen molar-refractivity contribution in [3.05, 3.63) is 42.4 Å². The molecule has 1 aromatic carbocycles. The number of rotatable bonds is 4. The van der Waals surface area contributed by atoms with Crippen molar-refractivity contribution < 1.29 is 9.21 Å². The lowest BCUT2D eigenvalue weighted by atomic mass is 9.85. The standard InChI is InChI=1S/C21H28N4O2/c22-18-8-4-7-17(13-18)21(26)25-11-9-24(10-12-25)15-20-23-14-19(27-20)16-5-2-1-3-6-16/h1-3,5-6,14,17-18H,4,7-13,15,22H2. The van der Waals surface area contributed by atoms with Gasteiger partial charge in [0, 0.05) is 43.7 Å². The quantitative estimate of drug-likeness (QED) is 0.897. The van der Waals surface area contributed by atoms with Crippen LogP contribution in [0.3, 0.4) is 0 Å². The molecule has 1 amide bonds. The van der Waals surface area contributed by atoms with Crippen LogP contribution in [0.25, 0.3) is 11.3 Å². The zero-order valence-electron chi connectivity index (χ0n) is 15.7. The molecule has 2 aliphatic rings. The first-order valence-electron chi connectivity index (χ1n) is 9.96. The number of nitrogens with zero attached hydrogens (tertiary/aromatic N) is 3. The molecule has 27 heavy (non-hydrogen) atoms. The van der Waals surface area contributed by atoms with E-state index >= 15 is 0 Å². The van der Waals surface area contributed by atoms with E-state index in [2.05, 4.69) is 9.88 Å². The smallest absolute Gasteiger partial charge is 0.225 e. The lowest BCUT2D eigenvalue weighted by Gasteiger charge is -2.37. The number of benzene rings is 1. The minimum Gasteiger partial charge on any atom is -0.439 e. The Balaban J connectivity index is 1.28. The third-order valence-corrected chi connectivity index (χ3v) is 5.72. The summed E-state index contributed by atoms with van der Waals surface area (Å²) >= 11 is 0. The number of piperazine rings is 1. The van der Waals surface area contributed by atoms with Gasteiger partial charge in [-0.2, -0.15) is 0 Å². The molecule has 6 heteroatoms. The molecule has 1 aliphatic heterocycles. The van der Waals surface area contributed by atoms with E-state index in [1.54, 1.807) is 6.20 Å². The summed E-state index contributed by atoms with van der Waals surface area (Å²) in [6.45, 7) is 3.94. The van der Waals surface area contributed by atoms with E-state index in [9.17, 15) is 4.79 Å². The van der Waals surface area contributed by atoms with Crippen LogP contribution in [0.4, 0.5) is 0 Å². The fraction of sp³-hybridized carbons (Fsp3) is 0.524. The van der Waals surface area contributed by atoms with Gasteiger partial charge in [0.1, 0.15) is 0 Å². The summed E-state index contributed by atoms with van der Waals surface area (Å²) in [6, 6.07) is 10.2. The third kappa shape index (κ3) is 4.39. The van der Waals surface area contributed by atoms with Crippen molar-refractivity contribution in [2.75, 3.05) is 26.2 Å². The molecular formula is C21H28N4O2. The molecule has 2 atom stereocenters. The molecule has 2 heterocycles. The summed E-state index contributed by atoms with van der Waals surface area (Å²) in [5.74, 6) is 1.95. The summed E-state index contributed by atoms with van der Waals surface area (Å²) in [5.41, 5.74) is 7.09. The summed E-state index contributed by atoms with van der Waals surface area (Å²) in [6.07, 6.45) is 5.75. The van der Waals surface area contributed by atoms with Crippen LogP contribution >= 0.6 is 0 Å². The first-order chi connectivity index (χ1) is 13.2. The largest absolute Gasteiger partial charge is 0.439 e. The van der Waals surface area contributed by atoms with Crippen molar-refractivity contribution in [3.63, 3.8) is 0 Å². The Hall–Kier alpha value is -2.18. The van der Waals surface area contributed by atoms with Gasteiger partial charge in [0.15, 0.2) is 5.76 Å². The topological polar surface area (TPSA) is 75.6 Å². The molecule has 0 radical (unpaired) electrons. The van der Waals surface area contributed by atoms with Crippen molar-refractivity contribution in [1.29, 1.82) is 0 Å². The average Bonchev–Trinajstić information content (AvgIpc) is 3.17. The fourth-order valence-corrected chi connectivity index (χ4v) is 4.15. The number of oxazole rings is 1. The monoisotopic (exact) mass is 368 g/mol. The van der Waals surface area contributed by atoms with Gasteiger partial charge in [0.25, 0.3) is 0 Å². The number of hydrogen-bond acceptors (Lipinski definition) is 5. The highest BCUT2D eigenvalue weighted by Gasteiger charge is 2.30. The summed E-state index contributed by atoms with van der Waals surface area (Å²) in [5, 5.41) is 0. The van der Waals surface area contributed by atoms with E-state index in [4.69, 9.17) is 10.2 Å². The molecule has 4 rings (SSSR count). The minimum absolute atomic E-state index is 0.125. The highest BCUT2D eigenvalue weighted by atomic mass is 16.4. The van der Waals surface area contributed by atoms with Gasteiger partial charge in [-0.3, -0.25) is 9.69 Å². The molecule has 2 N–H and O–H groups in total. The second-order valence-electron chi connectivity index (χ2n) is 7.71. The molecule has 1 aromatic heterocycles. The molecule has 2 fully saturated rings. The number of hydrogen-bond donors (Lipinski definition) is 1.